The summed E-state index contributed by atoms with van der Waals surface area (Å²) in [6.07, 6.45) is -0.0815. The van der Waals surface area contributed by atoms with Crippen molar-refractivity contribution in [3.63, 3.8) is 0 Å². The van der Waals surface area contributed by atoms with Crippen molar-refractivity contribution in [1.82, 2.24) is 0 Å². The molecule has 3 atom stereocenters. The largest absolute Gasteiger partial charge is 0.469 e. The Kier molecular flexibility index (Phi) is 3.46. The number of ether oxygens (including phenoxy) is 2. The Bertz CT molecular complexity index is 213. The quantitative estimate of drug-likeness (QED) is 0.623. The van der Waals surface area contributed by atoms with Gasteiger partial charge in [0.2, 0.25) is 0 Å². The topological polar surface area (TPSA) is 72.8 Å². The average molecular weight is 202 g/mol. The molecule has 14 heavy (non-hydrogen) atoms. The highest BCUT2D eigenvalue weighted by molar-refractivity contribution is 5.82. The van der Waals surface area contributed by atoms with Crippen LogP contribution in [-0.4, -0.2) is 37.4 Å². The van der Waals surface area contributed by atoms with E-state index in [0.29, 0.717) is 0 Å². The molecule has 0 spiro atoms. The Labute approximate surface area is 82.0 Å². The molecule has 0 amide bonds. The molecular weight excluding hydrogens is 188 g/mol. The SMILES string of the molecule is COC(=O)[C@H]1CC(O)C[C@H]1C(=O)OC. The third-order valence-corrected chi connectivity index (χ3v) is 2.55. The maximum Gasteiger partial charge on any atom is 0.309 e. The van der Waals surface area contributed by atoms with E-state index in [0.717, 1.165) is 0 Å². The lowest BCUT2D eigenvalue weighted by molar-refractivity contribution is -0.156. The van der Waals surface area contributed by atoms with Crippen LogP contribution >= 0.6 is 0 Å². The van der Waals surface area contributed by atoms with Gasteiger partial charge in [-0.1, -0.05) is 0 Å². The number of carbonyl (C=O) groups excluding carboxylic acids is 2. The van der Waals surface area contributed by atoms with E-state index in [-0.39, 0.29) is 12.8 Å². The van der Waals surface area contributed by atoms with Gasteiger partial charge in [0.25, 0.3) is 0 Å². The number of methoxy groups -OCH3 is 2. The number of carbonyl (C=O) groups is 2. The van der Waals surface area contributed by atoms with E-state index >= 15 is 0 Å². The van der Waals surface area contributed by atoms with Gasteiger partial charge in [-0.3, -0.25) is 9.59 Å². The van der Waals surface area contributed by atoms with Crippen LogP contribution in [0.2, 0.25) is 0 Å². The Morgan fingerprint density at radius 2 is 1.43 bits per heavy atom. The predicted molar refractivity (Wildman–Crippen MR) is 46.3 cm³/mol. The van der Waals surface area contributed by atoms with Crippen molar-refractivity contribution in [2.24, 2.45) is 11.8 Å². The number of aliphatic hydroxyl groups is 1. The van der Waals surface area contributed by atoms with Gasteiger partial charge in [-0.15, -0.1) is 0 Å². The maximum absolute atomic E-state index is 11.2. The molecule has 1 saturated carbocycles. The summed E-state index contributed by atoms with van der Waals surface area (Å²) in [4.78, 5) is 22.5. The van der Waals surface area contributed by atoms with Crippen LogP contribution in [0.25, 0.3) is 0 Å². The van der Waals surface area contributed by atoms with Gasteiger partial charge in [0, 0.05) is 0 Å². The third kappa shape index (κ3) is 2.04. The van der Waals surface area contributed by atoms with Crippen molar-refractivity contribution in [2.75, 3.05) is 14.2 Å². The lowest BCUT2D eigenvalue weighted by Crippen LogP contribution is -2.27. The summed E-state index contributed by atoms with van der Waals surface area (Å²) < 4.78 is 9.10. The molecule has 1 fully saturated rings. The molecule has 1 rings (SSSR count). The smallest absolute Gasteiger partial charge is 0.309 e. The number of rotatable bonds is 2. The van der Waals surface area contributed by atoms with Crippen LogP contribution in [0.5, 0.6) is 0 Å². The predicted octanol–water partition coefficient (Wildman–Crippen LogP) is -0.281. The van der Waals surface area contributed by atoms with Gasteiger partial charge < -0.3 is 14.6 Å². The van der Waals surface area contributed by atoms with Crippen LogP contribution in [0.4, 0.5) is 0 Å². The molecule has 0 heterocycles. The Hall–Kier alpha value is -1.10. The molecule has 1 aliphatic rings. The molecule has 80 valence electrons. The highest BCUT2D eigenvalue weighted by atomic mass is 16.5. The highest BCUT2D eigenvalue weighted by Crippen LogP contribution is 2.33. The molecule has 5 heteroatoms. The number of aliphatic hydroxyl groups excluding tert-OH is 1. The summed E-state index contributed by atoms with van der Waals surface area (Å²) in [5, 5.41) is 9.34. The van der Waals surface area contributed by atoms with Gasteiger partial charge in [0.15, 0.2) is 0 Å². The van der Waals surface area contributed by atoms with Gasteiger partial charge in [0.1, 0.15) is 0 Å². The minimum absolute atomic E-state index is 0.270. The number of esters is 2. The second kappa shape index (κ2) is 4.41. The zero-order valence-electron chi connectivity index (χ0n) is 8.23. The minimum atomic E-state index is -0.622. The summed E-state index contributed by atoms with van der Waals surface area (Å²) in [6, 6.07) is 0. The highest BCUT2D eigenvalue weighted by Gasteiger charge is 2.43. The zero-order valence-corrected chi connectivity index (χ0v) is 8.23. The first-order valence-corrected chi connectivity index (χ1v) is 4.43. The molecule has 1 unspecified atom stereocenters. The van der Waals surface area contributed by atoms with Crippen molar-refractivity contribution in [2.45, 2.75) is 18.9 Å². The van der Waals surface area contributed by atoms with Gasteiger partial charge in [-0.2, -0.15) is 0 Å². The van der Waals surface area contributed by atoms with Crippen LogP contribution in [0.1, 0.15) is 12.8 Å². The second-order valence-corrected chi connectivity index (χ2v) is 3.38. The van der Waals surface area contributed by atoms with Gasteiger partial charge in [0.05, 0.1) is 32.2 Å². The molecule has 1 N–H and O–H groups in total. The lowest BCUT2D eigenvalue weighted by atomic mass is 9.96. The van der Waals surface area contributed by atoms with Gasteiger partial charge in [-0.05, 0) is 12.8 Å². The number of hydrogen-bond acceptors (Lipinski definition) is 5. The van der Waals surface area contributed by atoms with Crippen LogP contribution in [0, 0.1) is 11.8 Å². The van der Waals surface area contributed by atoms with E-state index in [1.165, 1.54) is 14.2 Å². The monoisotopic (exact) mass is 202 g/mol. The summed E-state index contributed by atoms with van der Waals surface area (Å²) in [5.41, 5.74) is 0. The molecule has 0 aromatic heterocycles. The summed E-state index contributed by atoms with van der Waals surface area (Å²) in [6.45, 7) is 0. The number of hydrogen-bond donors (Lipinski definition) is 1. The summed E-state index contributed by atoms with van der Waals surface area (Å²) in [7, 11) is 2.53. The molecular formula is C9H14O5. The van der Waals surface area contributed by atoms with E-state index in [1.807, 2.05) is 0 Å². The fourth-order valence-electron chi connectivity index (χ4n) is 1.83. The first-order chi connectivity index (χ1) is 6.60. The van der Waals surface area contributed by atoms with E-state index in [9.17, 15) is 14.7 Å². The molecule has 0 bridgehead atoms. The first-order valence-electron chi connectivity index (χ1n) is 4.43. The second-order valence-electron chi connectivity index (χ2n) is 3.38. The minimum Gasteiger partial charge on any atom is -0.469 e. The van der Waals surface area contributed by atoms with Crippen molar-refractivity contribution >= 4 is 11.9 Å². The maximum atomic E-state index is 11.2. The Morgan fingerprint density at radius 1 is 1.07 bits per heavy atom. The first kappa shape index (κ1) is 11.0. The molecule has 0 aromatic carbocycles. The zero-order chi connectivity index (χ0) is 10.7. The van der Waals surface area contributed by atoms with Crippen molar-refractivity contribution in [3.05, 3.63) is 0 Å². The standard InChI is InChI=1S/C9H14O5/c1-13-8(11)6-3-5(10)4-7(6)9(12)14-2/h5-7,10H,3-4H2,1-2H3/t5?,6-,7+. The van der Waals surface area contributed by atoms with Gasteiger partial charge in [-0.25, -0.2) is 0 Å². The molecule has 0 saturated heterocycles. The molecule has 0 aliphatic heterocycles. The van der Waals surface area contributed by atoms with E-state index in [1.54, 1.807) is 0 Å². The van der Waals surface area contributed by atoms with Crippen LogP contribution in [0.15, 0.2) is 0 Å². The van der Waals surface area contributed by atoms with E-state index < -0.39 is 29.9 Å². The summed E-state index contributed by atoms with van der Waals surface area (Å²) in [5.74, 6) is -2.06. The van der Waals surface area contributed by atoms with Gasteiger partial charge >= 0.3 is 11.9 Å². The average Bonchev–Trinajstić information content (AvgIpc) is 2.58. The fourth-order valence-corrected chi connectivity index (χ4v) is 1.83. The third-order valence-electron chi connectivity index (χ3n) is 2.55. The lowest BCUT2D eigenvalue weighted by Gasteiger charge is -2.13. The normalized spacial score (nSPS) is 31.2. The summed E-state index contributed by atoms with van der Waals surface area (Å²) >= 11 is 0. The van der Waals surface area contributed by atoms with Crippen molar-refractivity contribution in [3.8, 4) is 0 Å². The van der Waals surface area contributed by atoms with Crippen LogP contribution < -0.4 is 0 Å². The molecule has 1 aliphatic carbocycles. The Balaban J connectivity index is 2.72. The van der Waals surface area contributed by atoms with Crippen LogP contribution in [0.3, 0.4) is 0 Å². The molecule has 0 aromatic rings. The Morgan fingerprint density at radius 3 is 1.71 bits per heavy atom. The molecule has 0 radical (unpaired) electrons. The van der Waals surface area contributed by atoms with E-state index in [4.69, 9.17) is 0 Å². The molecule has 5 nitrogen and oxygen atoms in total. The fraction of sp³-hybridized carbons (Fsp3) is 0.778. The van der Waals surface area contributed by atoms with E-state index in [2.05, 4.69) is 9.47 Å². The van der Waals surface area contributed by atoms with Crippen molar-refractivity contribution < 1.29 is 24.2 Å². The van der Waals surface area contributed by atoms with Crippen molar-refractivity contribution in [1.29, 1.82) is 0 Å². The van der Waals surface area contributed by atoms with Crippen LogP contribution in [-0.2, 0) is 19.1 Å².